The molecule has 1 aliphatic carbocycles. The summed E-state index contributed by atoms with van der Waals surface area (Å²) in [5.74, 6) is 0.262. The van der Waals surface area contributed by atoms with Gasteiger partial charge in [0.1, 0.15) is 12.1 Å². The number of rotatable bonds is 10. The summed E-state index contributed by atoms with van der Waals surface area (Å²) in [6, 6.07) is 19.0. The standard InChI is InChI=1S/C36H44N4O4/c1-35(2,3)18-25-16-28-30(19-36(14-9-15-36)44-33(28)38-20-25)37-21-31(41)29(17-24-10-5-4-6-11-24)39-32(42)23-40-22-26-12-7-8-13-27(26)34(40)43/h4-8,10-13,16,20,29-31,37,41H,9,14-15,17-19,21-23H2,1-3H3,(H,39,42)/t29-,30-,31+/m0/s1. The number of fused-ring (bicyclic) bond motifs is 2. The van der Waals surface area contributed by atoms with Gasteiger partial charge in [-0.3, -0.25) is 9.59 Å². The molecule has 0 unspecified atom stereocenters. The van der Waals surface area contributed by atoms with E-state index in [4.69, 9.17) is 9.72 Å². The van der Waals surface area contributed by atoms with Crippen LogP contribution in [0.5, 0.6) is 5.88 Å². The molecule has 3 N–H and O–H groups in total. The monoisotopic (exact) mass is 596 g/mol. The number of amides is 2. The van der Waals surface area contributed by atoms with E-state index < -0.39 is 12.1 Å². The number of aromatic nitrogens is 1. The zero-order valence-electron chi connectivity index (χ0n) is 26.0. The Hall–Kier alpha value is -3.75. The fourth-order valence-corrected chi connectivity index (χ4v) is 6.77. The lowest BCUT2D eigenvalue weighted by atomic mass is 9.73. The van der Waals surface area contributed by atoms with Crippen LogP contribution in [-0.2, 0) is 24.2 Å². The van der Waals surface area contributed by atoms with E-state index in [1.807, 2.05) is 54.7 Å². The number of aliphatic hydroxyl groups is 1. The number of aliphatic hydroxyl groups excluding tert-OH is 1. The minimum atomic E-state index is -0.861. The Morgan fingerprint density at radius 1 is 1.11 bits per heavy atom. The molecular weight excluding hydrogens is 552 g/mol. The van der Waals surface area contributed by atoms with E-state index in [2.05, 4.69) is 37.5 Å². The summed E-state index contributed by atoms with van der Waals surface area (Å²) in [5, 5.41) is 18.3. The van der Waals surface area contributed by atoms with Crippen molar-refractivity contribution >= 4 is 11.8 Å². The normalized spacial score (nSPS) is 19.9. The Bertz CT molecular complexity index is 1500. The molecule has 3 aliphatic rings. The largest absolute Gasteiger partial charge is 0.471 e. The van der Waals surface area contributed by atoms with Gasteiger partial charge >= 0.3 is 0 Å². The Morgan fingerprint density at radius 2 is 1.86 bits per heavy atom. The number of nitrogens with one attached hydrogen (secondary N) is 2. The molecule has 8 nitrogen and oxygen atoms in total. The van der Waals surface area contributed by atoms with Crippen molar-refractivity contribution < 1.29 is 19.4 Å². The van der Waals surface area contributed by atoms with Gasteiger partial charge < -0.3 is 25.4 Å². The number of ether oxygens (including phenoxy) is 1. The van der Waals surface area contributed by atoms with Crippen LogP contribution in [0.3, 0.4) is 0 Å². The minimum Gasteiger partial charge on any atom is -0.471 e. The maximum Gasteiger partial charge on any atom is 0.254 e. The van der Waals surface area contributed by atoms with Crippen LogP contribution in [-0.4, -0.2) is 57.6 Å². The van der Waals surface area contributed by atoms with Gasteiger partial charge in [0.15, 0.2) is 0 Å². The van der Waals surface area contributed by atoms with Crippen molar-refractivity contribution in [1.82, 2.24) is 20.5 Å². The molecule has 3 aromatic rings. The first kappa shape index (κ1) is 30.3. The van der Waals surface area contributed by atoms with Crippen LogP contribution < -0.4 is 15.4 Å². The lowest BCUT2D eigenvalue weighted by molar-refractivity contribution is -0.123. The van der Waals surface area contributed by atoms with Crippen molar-refractivity contribution in [3.05, 3.63) is 94.7 Å². The van der Waals surface area contributed by atoms with E-state index in [0.29, 0.717) is 24.4 Å². The predicted octanol–water partition coefficient (Wildman–Crippen LogP) is 4.75. The Balaban J connectivity index is 1.16. The molecule has 1 saturated carbocycles. The number of nitrogens with zero attached hydrogens (tertiary/aromatic N) is 2. The summed E-state index contributed by atoms with van der Waals surface area (Å²) < 4.78 is 6.45. The van der Waals surface area contributed by atoms with E-state index in [1.165, 1.54) is 5.56 Å². The first-order valence-corrected chi connectivity index (χ1v) is 15.9. The average Bonchev–Trinajstić information content (AvgIpc) is 3.28. The van der Waals surface area contributed by atoms with Crippen LogP contribution in [0.4, 0.5) is 0 Å². The SMILES string of the molecule is CC(C)(C)Cc1cnc2c(c1)[C@@H](NC[C@@H](O)[C@H](Cc1ccccc1)NC(=O)CN1Cc3ccccc3C1=O)CC1(CCC1)O2. The van der Waals surface area contributed by atoms with Crippen LogP contribution in [0.2, 0.25) is 0 Å². The highest BCUT2D eigenvalue weighted by Crippen LogP contribution is 2.48. The molecule has 1 spiro atoms. The molecule has 1 fully saturated rings. The van der Waals surface area contributed by atoms with E-state index in [9.17, 15) is 14.7 Å². The van der Waals surface area contributed by atoms with Crippen LogP contribution >= 0.6 is 0 Å². The van der Waals surface area contributed by atoms with Gasteiger partial charge in [0, 0.05) is 42.9 Å². The topological polar surface area (TPSA) is 104 Å². The quantitative estimate of drug-likeness (QED) is 0.312. The molecule has 232 valence electrons. The van der Waals surface area contributed by atoms with E-state index in [-0.39, 0.29) is 42.0 Å². The highest BCUT2D eigenvalue weighted by atomic mass is 16.5. The van der Waals surface area contributed by atoms with Crippen molar-refractivity contribution in [3.63, 3.8) is 0 Å². The average molecular weight is 597 g/mol. The predicted molar refractivity (Wildman–Crippen MR) is 169 cm³/mol. The van der Waals surface area contributed by atoms with Crippen LogP contribution in [0.25, 0.3) is 0 Å². The highest BCUT2D eigenvalue weighted by molar-refractivity contribution is 6.00. The third kappa shape index (κ3) is 6.81. The molecule has 2 aliphatic heterocycles. The number of carbonyl (C=O) groups excluding carboxylic acids is 2. The van der Waals surface area contributed by atoms with Crippen LogP contribution in [0, 0.1) is 5.41 Å². The second-order valence-electron chi connectivity index (χ2n) is 14.0. The third-order valence-electron chi connectivity index (χ3n) is 9.11. The number of hydrogen-bond acceptors (Lipinski definition) is 6. The van der Waals surface area contributed by atoms with Crippen molar-refractivity contribution in [1.29, 1.82) is 0 Å². The first-order valence-electron chi connectivity index (χ1n) is 15.9. The molecule has 3 atom stereocenters. The molecule has 2 amide bonds. The maximum absolute atomic E-state index is 13.3. The number of benzene rings is 2. The van der Waals surface area contributed by atoms with E-state index in [0.717, 1.165) is 48.8 Å². The van der Waals surface area contributed by atoms with E-state index in [1.54, 1.807) is 11.0 Å². The fourth-order valence-electron chi connectivity index (χ4n) is 6.77. The first-order chi connectivity index (χ1) is 21.1. The molecule has 0 saturated heterocycles. The third-order valence-corrected chi connectivity index (χ3v) is 9.11. The molecule has 2 aromatic carbocycles. The van der Waals surface area contributed by atoms with Crippen molar-refractivity contribution in [2.75, 3.05) is 13.1 Å². The Morgan fingerprint density at radius 3 is 2.57 bits per heavy atom. The Labute approximate surface area is 260 Å². The zero-order chi connectivity index (χ0) is 30.9. The fraction of sp³-hybridized carbons (Fsp3) is 0.472. The zero-order valence-corrected chi connectivity index (χ0v) is 26.0. The van der Waals surface area contributed by atoms with Gasteiger partial charge in [-0.15, -0.1) is 0 Å². The minimum absolute atomic E-state index is 0.0186. The lowest BCUT2D eigenvalue weighted by Gasteiger charge is -2.47. The molecule has 8 heteroatoms. The molecule has 6 rings (SSSR count). The van der Waals surface area contributed by atoms with Gasteiger partial charge in [0.2, 0.25) is 11.8 Å². The van der Waals surface area contributed by atoms with Gasteiger partial charge in [0.05, 0.1) is 12.1 Å². The molecule has 0 bridgehead atoms. The lowest BCUT2D eigenvalue weighted by Crippen LogP contribution is -2.53. The molecule has 1 aromatic heterocycles. The van der Waals surface area contributed by atoms with Crippen molar-refractivity contribution in [3.8, 4) is 5.88 Å². The second-order valence-corrected chi connectivity index (χ2v) is 14.0. The van der Waals surface area contributed by atoms with E-state index >= 15 is 0 Å². The molecule has 44 heavy (non-hydrogen) atoms. The summed E-state index contributed by atoms with van der Waals surface area (Å²) in [7, 11) is 0. The number of pyridine rings is 1. The highest BCUT2D eigenvalue weighted by Gasteiger charge is 2.46. The summed E-state index contributed by atoms with van der Waals surface area (Å²) in [6.07, 6.45) is 6.42. The molecule has 0 radical (unpaired) electrons. The van der Waals surface area contributed by atoms with Gasteiger partial charge in [-0.25, -0.2) is 4.98 Å². The van der Waals surface area contributed by atoms with Crippen LogP contribution in [0.15, 0.2) is 66.9 Å². The van der Waals surface area contributed by atoms with Crippen molar-refractivity contribution in [2.45, 2.75) is 89.6 Å². The second kappa shape index (κ2) is 12.3. The van der Waals surface area contributed by atoms with Gasteiger partial charge in [0.25, 0.3) is 5.91 Å². The van der Waals surface area contributed by atoms with Gasteiger partial charge in [-0.1, -0.05) is 69.3 Å². The van der Waals surface area contributed by atoms with Crippen molar-refractivity contribution in [2.24, 2.45) is 5.41 Å². The summed E-state index contributed by atoms with van der Waals surface area (Å²) >= 11 is 0. The summed E-state index contributed by atoms with van der Waals surface area (Å²) in [4.78, 5) is 32.5. The smallest absolute Gasteiger partial charge is 0.254 e. The van der Waals surface area contributed by atoms with Gasteiger partial charge in [-0.2, -0.15) is 0 Å². The number of carbonyl (C=O) groups is 2. The Kier molecular flexibility index (Phi) is 8.49. The maximum atomic E-state index is 13.3. The van der Waals surface area contributed by atoms with Gasteiger partial charge in [-0.05, 0) is 66.3 Å². The summed E-state index contributed by atoms with van der Waals surface area (Å²) in [6.45, 7) is 7.30. The molecule has 3 heterocycles. The summed E-state index contributed by atoms with van der Waals surface area (Å²) in [5.41, 5.74) is 4.72. The van der Waals surface area contributed by atoms with Crippen LogP contribution in [0.1, 0.15) is 85.1 Å². The molecular formula is C36H44N4O4. The number of hydrogen-bond donors (Lipinski definition) is 3.